The lowest BCUT2D eigenvalue weighted by molar-refractivity contribution is -0.140. The SMILES string of the molecule is CC(CCC(=O)N1CCC[C@@H]1CC(=O)O)CNC(=O)OCC1c2ccccc2-c2ccccc21. The van der Waals surface area contributed by atoms with E-state index in [9.17, 15) is 14.4 Å². The number of nitrogens with zero attached hydrogens (tertiary/aromatic N) is 1. The molecule has 2 atom stereocenters. The van der Waals surface area contributed by atoms with Gasteiger partial charge < -0.3 is 20.1 Å². The zero-order valence-electron chi connectivity index (χ0n) is 19.5. The van der Waals surface area contributed by atoms with Gasteiger partial charge in [-0.3, -0.25) is 9.59 Å². The number of rotatable bonds is 9. The lowest BCUT2D eigenvalue weighted by atomic mass is 9.98. The molecule has 180 valence electrons. The molecule has 7 heteroatoms. The number of ether oxygens (including phenoxy) is 1. The highest BCUT2D eigenvalue weighted by Crippen LogP contribution is 2.44. The van der Waals surface area contributed by atoms with E-state index < -0.39 is 12.1 Å². The maximum Gasteiger partial charge on any atom is 0.407 e. The van der Waals surface area contributed by atoms with Crippen molar-refractivity contribution in [1.82, 2.24) is 10.2 Å². The van der Waals surface area contributed by atoms with Gasteiger partial charge in [0, 0.05) is 31.5 Å². The average Bonchev–Trinajstić information content (AvgIpc) is 3.42. The molecular weight excluding hydrogens is 432 g/mol. The largest absolute Gasteiger partial charge is 0.481 e. The zero-order chi connectivity index (χ0) is 24.1. The fraction of sp³-hybridized carbons (Fsp3) is 0.444. The maximum atomic E-state index is 12.6. The summed E-state index contributed by atoms with van der Waals surface area (Å²) in [6, 6.07) is 16.2. The number of alkyl carbamates (subject to hydrolysis) is 1. The van der Waals surface area contributed by atoms with Gasteiger partial charge in [0.2, 0.25) is 5.91 Å². The van der Waals surface area contributed by atoms with Crippen molar-refractivity contribution in [2.75, 3.05) is 19.7 Å². The van der Waals surface area contributed by atoms with E-state index in [2.05, 4.69) is 29.6 Å². The summed E-state index contributed by atoms with van der Waals surface area (Å²) in [6.07, 6.45) is 2.12. The molecule has 0 saturated carbocycles. The number of amides is 2. The number of benzene rings is 2. The number of carbonyl (C=O) groups excluding carboxylic acids is 2. The third-order valence-electron chi connectivity index (χ3n) is 6.90. The molecule has 1 unspecified atom stereocenters. The van der Waals surface area contributed by atoms with E-state index in [-0.39, 0.29) is 36.8 Å². The van der Waals surface area contributed by atoms with Gasteiger partial charge >= 0.3 is 12.1 Å². The summed E-state index contributed by atoms with van der Waals surface area (Å²) in [5.41, 5.74) is 4.72. The number of nitrogens with one attached hydrogen (secondary N) is 1. The first-order valence-corrected chi connectivity index (χ1v) is 12.0. The second-order valence-electron chi connectivity index (χ2n) is 9.33. The summed E-state index contributed by atoms with van der Waals surface area (Å²) < 4.78 is 5.57. The molecule has 2 aliphatic rings. The standard InChI is InChI=1S/C27H32N2O5/c1-18(12-13-25(30)29-14-6-7-19(29)15-26(31)32)16-28-27(33)34-17-24-22-10-4-2-8-20(22)21-9-3-5-11-23(21)24/h2-5,8-11,18-19,24H,6-7,12-17H2,1H3,(H,28,33)(H,31,32)/t18?,19-/m1/s1. The molecule has 1 fully saturated rings. The van der Waals surface area contributed by atoms with Crippen molar-refractivity contribution in [2.24, 2.45) is 5.92 Å². The van der Waals surface area contributed by atoms with E-state index in [0.29, 0.717) is 25.9 Å². The lowest BCUT2D eigenvalue weighted by Crippen LogP contribution is -2.37. The number of carboxylic acids is 1. The molecule has 0 spiro atoms. The molecule has 34 heavy (non-hydrogen) atoms. The van der Waals surface area contributed by atoms with Crippen LogP contribution in [0.3, 0.4) is 0 Å². The van der Waals surface area contributed by atoms with E-state index >= 15 is 0 Å². The van der Waals surface area contributed by atoms with Crippen LogP contribution in [0.25, 0.3) is 11.1 Å². The summed E-state index contributed by atoms with van der Waals surface area (Å²) in [6.45, 7) is 3.30. The van der Waals surface area contributed by atoms with Gasteiger partial charge in [-0.2, -0.15) is 0 Å². The molecule has 0 radical (unpaired) electrons. The van der Waals surface area contributed by atoms with Gasteiger partial charge in [0.05, 0.1) is 6.42 Å². The smallest absolute Gasteiger partial charge is 0.407 e. The number of likely N-dealkylation sites (tertiary alicyclic amines) is 1. The zero-order valence-corrected chi connectivity index (χ0v) is 19.5. The van der Waals surface area contributed by atoms with E-state index in [1.54, 1.807) is 4.90 Å². The Balaban J connectivity index is 1.21. The minimum atomic E-state index is -0.870. The fourth-order valence-corrected chi connectivity index (χ4v) is 5.10. The molecule has 4 rings (SSSR count). The van der Waals surface area contributed by atoms with Crippen molar-refractivity contribution in [1.29, 1.82) is 0 Å². The number of fused-ring (bicyclic) bond motifs is 3. The molecule has 0 aromatic heterocycles. The first kappa shape index (κ1) is 23.8. The summed E-state index contributed by atoms with van der Waals surface area (Å²) in [5, 5.41) is 11.9. The van der Waals surface area contributed by atoms with Gasteiger partial charge in [-0.05, 0) is 47.4 Å². The molecule has 1 aliphatic heterocycles. The lowest BCUT2D eigenvalue weighted by Gasteiger charge is -2.24. The highest BCUT2D eigenvalue weighted by atomic mass is 16.5. The van der Waals surface area contributed by atoms with E-state index in [4.69, 9.17) is 9.84 Å². The van der Waals surface area contributed by atoms with Crippen molar-refractivity contribution in [2.45, 2.75) is 51.0 Å². The van der Waals surface area contributed by atoms with Gasteiger partial charge in [-0.25, -0.2) is 4.79 Å². The minimum Gasteiger partial charge on any atom is -0.481 e. The third kappa shape index (κ3) is 5.41. The molecular formula is C27H32N2O5. The van der Waals surface area contributed by atoms with Crippen LogP contribution in [0.1, 0.15) is 56.1 Å². The van der Waals surface area contributed by atoms with Crippen LogP contribution in [0, 0.1) is 5.92 Å². The Hall–Kier alpha value is -3.35. The highest BCUT2D eigenvalue weighted by Gasteiger charge is 2.31. The molecule has 2 aromatic carbocycles. The highest BCUT2D eigenvalue weighted by molar-refractivity contribution is 5.79. The van der Waals surface area contributed by atoms with Gasteiger partial charge in [0.1, 0.15) is 6.61 Å². The van der Waals surface area contributed by atoms with E-state index in [0.717, 1.165) is 12.8 Å². The van der Waals surface area contributed by atoms with Crippen LogP contribution in [0.5, 0.6) is 0 Å². The first-order chi connectivity index (χ1) is 16.4. The topological polar surface area (TPSA) is 95.9 Å². The van der Waals surface area contributed by atoms with Gasteiger partial charge in [0.25, 0.3) is 0 Å². The Bertz CT molecular complexity index is 1010. The summed E-state index contributed by atoms with van der Waals surface area (Å²) in [4.78, 5) is 37.6. The van der Waals surface area contributed by atoms with Crippen LogP contribution in [0.2, 0.25) is 0 Å². The van der Waals surface area contributed by atoms with Gasteiger partial charge in [0.15, 0.2) is 0 Å². The molecule has 2 amide bonds. The molecule has 1 saturated heterocycles. The summed E-state index contributed by atoms with van der Waals surface area (Å²) in [7, 11) is 0. The summed E-state index contributed by atoms with van der Waals surface area (Å²) >= 11 is 0. The molecule has 1 aliphatic carbocycles. The van der Waals surface area contributed by atoms with Crippen molar-refractivity contribution in [3.63, 3.8) is 0 Å². The van der Waals surface area contributed by atoms with Crippen LogP contribution in [0.15, 0.2) is 48.5 Å². The number of carboxylic acid groups (broad SMARTS) is 1. The Morgan fingerprint density at radius 1 is 1.09 bits per heavy atom. The normalized spacial score (nSPS) is 17.7. The Morgan fingerprint density at radius 3 is 2.38 bits per heavy atom. The predicted molar refractivity (Wildman–Crippen MR) is 128 cm³/mol. The number of hydrogen-bond acceptors (Lipinski definition) is 4. The molecule has 2 N–H and O–H groups in total. The first-order valence-electron chi connectivity index (χ1n) is 12.0. The van der Waals surface area contributed by atoms with E-state index in [1.807, 2.05) is 31.2 Å². The van der Waals surface area contributed by atoms with Crippen LogP contribution >= 0.6 is 0 Å². The van der Waals surface area contributed by atoms with Gasteiger partial charge in [-0.15, -0.1) is 0 Å². The van der Waals surface area contributed by atoms with Crippen LogP contribution < -0.4 is 5.32 Å². The van der Waals surface area contributed by atoms with Crippen LogP contribution in [-0.4, -0.2) is 53.7 Å². The number of aliphatic carboxylic acids is 1. The minimum absolute atomic E-state index is 0.00302. The van der Waals surface area contributed by atoms with Crippen molar-refractivity contribution in [3.05, 3.63) is 59.7 Å². The molecule has 7 nitrogen and oxygen atoms in total. The Morgan fingerprint density at radius 2 is 1.74 bits per heavy atom. The Labute approximate surface area is 200 Å². The second-order valence-corrected chi connectivity index (χ2v) is 9.33. The molecule has 1 heterocycles. The van der Waals surface area contributed by atoms with Crippen molar-refractivity contribution >= 4 is 18.0 Å². The van der Waals surface area contributed by atoms with Crippen LogP contribution in [0.4, 0.5) is 4.79 Å². The average molecular weight is 465 g/mol. The molecule has 0 bridgehead atoms. The van der Waals surface area contributed by atoms with E-state index in [1.165, 1.54) is 22.3 Å². The molecule has 2 aromatic rings. The van der Waals surface area contributed by atoms with Crippen molar-refractivity contribution in [3.8, 4) is 11.1 Å². The number of carbonyl (C=O) groups is 3. The maximum absolute atomic E-state index is 12.6. The Kier molecular flexibility index (Phi) is 7.50. The predicted octanol–water partition coefficient (Wildman–Crippen LogP) is 4.41. The quantitative estimate of drug-likeness (QED) is 0.573. The van der Waals surface area contributed by atoms with Crippen LogP contribution in [-0.2, 0) is 14.3 Å². The number of hydrogen-bond donors (Lipinski definition) is 2. The fourth-order valence-electron chi connectivity index (χ4n) is 5.10. The van der Waals surface area contributed by atoms with Gasteiger partial charge in [-0.1, -0.05) is 55.5 Å². The second kappa shape index (κ2) is 10.7. The monoisotopic (exact) mass is 464 g/mol. The third-order valence-corrected chi connectivity index (χ3v) is 6.90. The van der Waals surface area contributed by atoms with Crippen molar-refractivity contribution < 1.29 is 24.2 Å². The summed E-state index contributed by atoms with van der Waals surface area (Å²) in [5.74, 6) is -0.750.